The van der Waals surface area contributed by atoms with Crippen molar-refractivity contribution in [1.82, 2.24) is 10.2 Å². The van der Waals surface area contributed by atoms with E-state index in [2.05, 4.69) is 44.8 Å². The van der Waals surface area contributed by atoms with Gasteiger partial charge in [-0.15, -0.1) is 11.3 Å². The summed E-state index contributed by atoms with van der Waals surface area (Å²) in [6, 6.07) is 13.0. The van der Waals surface area contributed by atoms with Crippen molar-refractivity contribution < 1.29 is 14.5 Å². The number of amides is 1. The summed E-state index contributed by atoms with van der Waals surface area (Å²) in [4.78, 5) is 27.7. The van der Waals surface area contributed by atoms with Crippen LogP contribution < -0.4 is 15.0 Å². The molecule has 0 atom stereocenters. The van der Waals surface area contributed by atoms with E-state index in [1.165, 1.54) is 27.9 Å². The van der Waals surface area contributed by atoms with Crippen LogP contribution >= 0.6 is 11.3 Å². The van der Waals surface area contributed by atoms with Crippen LogP contribution in [0.3, 0.4) is 0 Å². The highest BCUT2D eigenvalue weighted by molar-refractivity contribution is 7.17. The molecule has 9 heteroatoms. The molecule has 8 nitrogen and oxygen atoms in total. The molecule has 174 valence electrons. The number of carbonyl (C=O) groups is 1. The van der Waals surface area contributed by atoms with Crippen molar-refractivity contribution in [3.63, 3.8) is 0 Å². The number of thiophene rings is 1. The molecule has 0 saturated carbocycles. The van der Waals surface area contributed by atoms with Crippen molar-refractivity contribution in [3.05, 3.63) is 63.5 Å². The first-order valence-corrected chi connectivity index (χ1v) is 12.1. The maximum Gasteiger partial charge on any atom is 0.311 e. The highest BCUT2D eigenvalue weighted by Gasteiger charge is 2.20. The zero-order valence-electron chi connectivity index (χ0n) is 18.7. The number of nitro groups is 1. The molecule has 33 heavy (non-hydrogen) atoms. The van der Waals surface area contributed by atoms with Gasteiger partial charge in [0.1, 0.15) is 0 Å². The van der Waals surface area contributed by atoms with Gasteiger partial charge in [0.25, 0.3) is 5.91 Å². The first-order chi connectivity index (χ1) is 16.1. The van der Waals surface area contributed by atoms with Crippen LogP contribution in [0.15, 0.2) is 47.8 Å². The standard InChI is InChI=1S/C24H28N4O4S/c1-2-25-24(29)18-7-8-22(21(17-18)28(30)31)32-15-4-10-26-11-13-27(14-12-26)20-5-3-6-23-19(20)9-16-33-23/h3,5-9,16-17H,2,4,10-15H2,1H3,(H,25,29). The van der Waals surface area contributed by atoms with Crippen LogP contribution in [0.2, 0.25) is 0 Å². The average molecular weight is 469 g/mol. The fourth-order valence-electron chi connectivity index (χ4n) is 4.12. The second-order valence-electron chi connectivity index (χ2n) is 7.94. The third-order valence-corrected chi connectivity index (χ3v) is 6.70. The van der Waals surface area contributed by atoms with Crippen molar-refractivity contribution in [2.75, 3.05) is 50.8 Å². The number of piperazine rings is 1. The number of fused-ring (bicyclic) bond motifs is 1. The molecule has 3 aromatic rings. The number of nitrogens with zero attached hydrogens (tertiary/aromatic N) is 3. The van der Waals surface area contributed by atoms with Gasteiger partial charge in [0.2, 0.25) is 0 Å². The number of benzene rings is 2. The van der Waals surface area contributed by atoms with Gasteiger partial charge in [-0.25, -0.2) is 0 Å². The van der Waals surface area contributed by atoms with Gasteiger partial charge >= 0.3 is 5.69 Å². The average Bonchev–Trinajstić information content (AvgIpc) is 3.31. The van der Waals surface area contributed by atoms with E-state index in [-0.39, 0.29) is 22.9 Å². The molecule has 1 saturated heterocycles. The second-order valence-corrected chi connectivity index (χ2v) is 8.89. The Balaban J connectivity index is 1.26. The fraction of sp³-hybridized carbons (Fsp3) is 0.375. The smallest absolute Gasteiger partial charge is 0.311 e. The molecular formula is C24H28N4O4S. The number of nitro benzene ring substituents is 1. The Morgan fingerprint density at radius 1 is 1.18 bits per heavy atom. The van der Waals surface area contributed by atoms with Crippen LogP contribution in [0.5, 0.6) is 5.75 Å². The van der Waals surface area contributed by atoms with E-state index in [4.69, 9.17) is 4.74 Å². The maximum absolute atomic E-state index is 11.9. The molecule has 1 aliphatic heterocycles. The number of hydrogen-bond donors (Lipinski definition) is 1. The van der Waals surface area contributed by atoms with Gasteiger partial charge in [0.05, 0.1) is 11.5 Å². The molecule has 0 radical (unpaired) electrons. The number of hydrogen-bond acceptors (Lipinski definition) is 7. The van der Waals surface area contributed by atoms with Gasteiger partial charge in [-0.05, 0) is 49.1 Å². The molecule has 0 unspecified atom stereocenters. The van der Waals surface area contributed by atoms with Gasteiger partial charge in [-0.2, -0.15) is 0 Å². The topological polar surface area (TPSA) is 88.0 Å². The zero-order chi connectivity index (χ0) is 23.2. The van der Waals surface area contributed by atoms with Crippen molar-refractivity contribution in [2.24, 2.45) is 0 Å². The summed E-state index contributed by atoms with van der Waals surface area (Å²) < 4.78 is 7.02. The minimum absolute atomic E-state index is 0.185. The fourth-order valence-corrected chi connectivity index (χ4v) is 4.93. The van der Waals surface area contributed by atoms with Crippen LogP contribution in [0.1, 0.15) is 23.7 Å². The quantitative estimate of drug-likeness (QED) is 0.288. The predicted octanol–water partition coefficient (Wildman–Crippen LogP) is 4.15. The zero-order valence-corrected chi connectivity index (χ0v) is 19.5. The first kappa shape index (κ1) is 23.0. The van der Waals surface area contributed by atoms with E-state index >= 15 is 0 Å². The van der Waals surface area contributed by atoms with Crippen molar-refractivity contribution in [1.29, 1.82) is 0 Å². The normalized spacial score (nSPS) is 14.4. The molecule has 1 amide bonds. The lowest BCUT2D eigenvalue weighted by molar-refractivity contribution is -0.385. The molecule has 2 aromatic carbocycles. The van der Waals surface area contributed by atoms with E-state index in [1.807, 2.05) is 0 Å². The third-order valence-electron chi connectivity index (χ3n) is 5.82. The Hall–Kier alpha value is -3.17. The van der Waals surface area contributed by atoms with E-state index in [0.717, 1.165) is 39.1 Å². The highest BCUT2D eigenvalue weighted by atomic mass is 32.1. The largest absolute Gasteiger partial charge is 0.487 e. The van der Waals surface area contributed by atoms with Gasteiger partial charge in [-0.3, -0.25) is 19.8 Å². The lowest BCUT2D eigenvalue weighted by Crippen LogP contribution is -2.46. The van der Waals surface area contributed by atoms with E-state index in [9.17, 15) is 14.9 Å². The Morgan fingerprint density at radius 2 is 2.00 bits per heavy atom. The van der Waals surface area contributed by atoms with Crippen LogP contribution in [0.25, 0.3) is 10.1 Å². The molecule has 1 N–H and O–H groups in total. The molecule has 1 aliphatic rings. The Bertz CT molecular complexity index is 1120. The SMILES string of the molecule is CCNC(=O)c1ccc(OCCCN2CCN(c3cccc4sccc34)CC2)c([N+](=O)[O-])c1. The van der Waals surface area contributed by atoms with Crippen LogP contribution in [0.4, 0.5) is 11.4 Å². The van der Waals surface area contributed by atoms with Gasteiger partial charge in [0, 0.05) is 66.7 Å². The van der Waals surface area contributed by atoms with Gasteiger partial charge in [0.15, 0.2) is 5.75 Å². The molecule has 1 fully saturated rings. The molecule has 0 aliphatic carbocycles. The molecule has 4 rings (SSSR count). The van der Waals surface area contributed by atoms with Crippen LogP contribution in [0, 0.1) is 10.1 Å². The van der Waals surface area contributed by atoms with E-state index in [1.54, 1.807) is 24.3 Å². The Morgan fingerprint density at radius 3 is 2.76 bits per heavy atom. The van der Waals surface area contributed by atoms with E-state index in [0.29, 0.717) is 13.2 Å². The summed E-state index contributed by atoms with van der Waals surface area (Å²) in [7, 11) is 0. The number of anilines is 1. The predicted molar refractivity (Wildman–Crippen MR) is 132 cm³/mol. The maximum atomic E-state index is 11.9. The molecule has 2 heterocycles. The monoisotopic (exact) mass is 468 g/mol. The van der Waals surface area contributed by atoms with Crippen molar-refractivity contribution in [3.8, 4) is 5.75 Å². The van der Waals surface area contributed by atoms with Crippen molar-refractivity contribution in [2.45, 2.75) is 13.3 Å². The second kappa shape index (κ2) is 10.6. The highest BCUT2D eigenvalue weighted by Crippen LogP contribution is 2.31. The Labute approximate surface area is 196 Å². The first-order valence-electron chi connectivity index (χ1n) is 11.2. The van der Waals surface area contributed by atoms with E-state index < -0.39 is 4.92 Å². The number of rotatable bonds is 9. The number of carbonyl (C=O) groups excluding carboxylic acids is 1. The summed E-state index contributed by atoms with van der Waals surface area (Å²) in [5, 5.41) is 17.5. The lowest BCUT2D eigenvalue weighted by Gasteiger charge is -2.36. The van der Waals surface area contributed by atoms with Gasteiger partial charge in [-0.1, -0.05) is 6.07 Å². The molecule has 1 aromatic heterocycles. The summed E-state index contributed by atoms with van der Waals surface area (Å²) in [6.07, 6.45) is 0.773. The third kappa shape index (κ3) is 5.43. The number of ether oxygens (including phenoxy) is 1. The summed E-state index contributed by atoms with van der Waals surface area (Å²) in [5.74, 6) is -0.136. The minimum Gasteiger partial charge on any atom is -0.487 e. The summed E-state index contributed by atoms with van der Waals surface area (Å²) >= 11 is 1.77. The van der Waals surface area contributed by atoms with Crippen molar-refractivity contribution >= 4 is 38.7 Å². The van der Waals surface area contributed by atoms with Gasteiger partial charge < -0.3 is 15.0 Å². The lowest BCUT2D eigenvalue weighted by atomic mass is 10.1. The summed E-state index contributed by atoms with van der Waals surface area (Å²) in [6.45, 7) is 7.42. The minimum atomic E-state index is -0.509. The number of nitrogens with one attached hydrogen (secondary N) is 1. The molecular weight excluding hydrogens is 440 g/mol. The molecule has 0 bridgehead atoms. The molecule has 0 spiro atoms. The Kier molecular flexibility index (Phi) is 7.41. The summed E-state index contributed by atoms with van der Waals surface area (Å²) in [5.41, 5.74) is 1.38. The van der Waals surface area contributed by atoms with Crippen LogP contribution in [-0.4, -0.2) is 61.6 Å². The van der Waals surface area contributed by atoms with Crippen LogP contribution in [-0.2, 0) is 0 Å².